The second-order valence-corrected chi connectivity index (χ2v) is 5.55. The van der Waals surface area contributed by atoms with Crippen molar-refractivity contribution in [2.75, 3.05) is 24.6 Å². The molecule has 0 saturated carbocycles. The molecule has 0 radical (unpaired) electrons. The van der Waals surface area contributed by atoms with Crippen LogP contribution in [0.3, 0.4) is 0 Å². The van der Waals surface area contributed by atoms with Crippen LogP contribution in [0.1, 0.15) is 12.6 Å². The molecule has 1 atom stereocenters. The second-order valence-electron chi connectivity index (χ2n) is 4.00. The SMILES string of the molecule is CC1CN(Cc2ccc(N)cn2)CCS1. The van der Waals surface area contributed by atoms with Crippen LogP contribution < -0.4 is 5.73 Å². The van der Waals surface area contributed by atoms with Gasteiger partial charge in [0.2, 0.25) is 0 Å². The summed E-state index contributed by atoms with van der Waals surface area (Å²) in [6.07, 6.45) is 1.73. The Morgan fingerprint density at radius 1 is 1.60 bits per heavy atom. The number of hydrogen-bond acceptors (Lipinski definition) is 4. The highest BCUT2D eigenvalue weighted by molar-refractivity contribution is 7.99. The highest BCUT2D eigenvalue weighted by atomic mass is 32.2. The number of rotatable bonds is 2. The van der Waals surface area contributed by atoms with Gasteiger partial charge in [-0.25, -0.2) is 0 Å². The summed E-state index contributed by atoms with van der Waals surface area (Å²) >= 11 is 2.05. The highest BCUT2D eigenvalue weighted by Crippen LogP contribution is 2.19. The Balaban J connectivity index is 1.93. The predicted molar refractivity (Wildman–Crippen MR) is 65.8 cm³/mol. The van der Waals surface area contributed by atoms with Gasteiger partial charge in [-0.3, -0.25) is 9.88 Å². The Kier molecular flexibility index (Phi) is 3.49. The molecule has 0 aromatic carbocycles. The molecular formula is C11H17N3S. The molecule has 0 spiro atoms. The van der Waals surface area contributed by atoms with E-state index in [1.165, 1.54) is 12.3 Å². The largest absolute Gasteiger partial charge is 0.397 e. The van der Waals surface area contributed by atoms with Gasteiger partial charge >= 0.3 is 0 Å². The summed E-state index contributed by atoms with van der Waals surface area (Å²) in [5, 5.41) is 0.743. The Morgan fingerprint density at radius 3 is 3.13 bits per heavy atom. The summed E-state index contributed by atoms with van der Waals surface area (Å²) in [5.74, 6) is 1.23. The lowest BCUT2D eigenvalue weighted by Gasteiger charge is -2.30. The van der Waals surface area contributed by atoms with Crippen LogP contribution in [0.5, 0.6) is 0 Å². The van der Waals surface area contributed by atoms with Crippen LogP contribution in [-0.4, -0.2) is 34.0 Å². The number of thioether (sulfide) groups is 1. The van der Waals surface area contributed by atoms with Gasteiger partial charge in [0.25, 0.3) is 0 Å². The minimum absolute atomic E-state index is 0.737. The lowest BCUT2D eigenvalue weighted by Crippen LogP contribution is -2.36. The fourth-order valence-corrected chi connectivity index (χ4v) is 2.87. The van der Waals surface area contributed by atoms with Crippen molar-refractivity contribution in [2.45, 2.75) is 18.7 Å². The maximum Gasteiger partial charge on any atom is 0.0545 e. The molecule has 1 saturated heterocycles. The summed E-state index contributed by atoms with van der Waals surface area (Å²) in [6.45, 7) is 5.57. The molecule has 1 unspecified atom stereocenters. The van der Waals surface area contributed by atoms with Crippen molar-refractivity contribution in [3.05, 3.63) is 24.0 Å². The Hall–Kier alpha value is -0.740. The molecule has 1 aliphatic heterocycles. The van der Waals surface area contributed by atoms with Gasteiger partial charge < -0.3 is 5.73 Å². The van der Waals surface area contributed by atoms with Crippen LogP contribution >= 0.6 is 11.8 Å². The van der Waals surface area contributed by atoms with E-state index in [4.69, 9.17) is 5.73 Å². The van der Waals surface area contributed by atoms with Crippen molar-refractivity contribution >= 4 is 17.4 Å². The molecule has 0 amide bonds. The maximum atomic E-state index is 5.60. The first-order valence-corrected chi connectivity index (χ1v) is 6.33. The van der Waals surface area contributed by atoms with Crippen LogP contribution in [0.25, 0.3) is 0 Å². The van der Waals surface area contributed by atoms with E-state index >= 15 is 0 Å². The van der Waals surface area contributed by atoms with Gasteiger partial charge in [0.1, 0.15) is 0 Å². The molecule has 82 valence electrons. The van der Waals surface area contributed by atoms with Crippen LogP contribution in [0.4, 0.5) is 5.69 Å². The molecule has 2 N–H and O–H groups in total. The zero-order valence-electron chi connectivity index (χ0n) is 9.02. The minimum atomic E-state index is 0.737. The summed E-state index contributed by atoms with van der Waals surface area (Å²) in [5.41, 5.74) is 7.45. The Labute approximate surface area is 95.1 Å². The molecule has 4 heteroatoms. The summed E-state index contributed by atoms with van der Waals surface area (Å²) in [7, 11) is 0. The van der Waals surface area contributed by atoms with Gasteiger partial charge in [0.05, 0.1) is 17.6 Å². The van der Waals surface area contributed by atoms with Crippen molar-refractivity contribution in [2.24, 2.45) is 0 Å². The molecule has 2 heterocycles. The van der Waals surface area contributed by atoms with E-state index in [-0.39, 0.29) is 0 Å². The number of nitrogens with two attached hydrogens (primary N) is 1. The van der Waals surface area contributed by atoms with Gasteiger partial charge in [-0.1, -0.05) is 6.92 Å². The zero-order valence-corrected chi connectivity index (χ0v) is 9.83. The molecule has 0 aliphatic carbocycles. The van der Waals surface area contributed by atoms with Crippen LogP contribution in [0.15, 0.2) is 18.3 Å². The summed E-state index contributed by atoms with van der Waals surface area (Å²) < 4.78 is 0. The predicted octanol–water partition coefficient (Wildman–Crippen LogP) is 1.60. The van der Waals surface area contributed by atoms with Crippen LogP contribution in [-0.2, 0) is 6.54 Å². The van der Waals surface area contributed by atoms with Crippen LogP contribution in [0, 0.1) is 0 Å². The smallest absolute Gasteiger partial charge is 0.0545 e. The van der Waals surface area contributed by atoms with E-state index in [0.717, 1.165) is 29.7 Å². The third-order valence-electron chi connectivity index (χ3n) is 2.56. The molecule has 1 aliphatic rings. The molecule has 1 fully saturated rings. The third kappa shape index (κ3) is 3.11. The molecule has 2 rings (SSSR count). The minimum Gasteiger partial charge on any atom is -0.397 e. The van der Waals surface area contributed by atoms with E-state index in [1.807, 2.05) is 12.1 Å². The van der Waals surface area contributed by atoms with E-state index in [9.17, 15) is 0 Å². The molecule has 1 aromatic rings. The number of hydrogen-bond donors (Lipinski definition) is 1. The molecule has 0 bridgehead atoms. The standard InChI is InChI=1S/C11H17N3S/c1-9-7-14(4-5-15-9)8-11-3-2-10(12)6-13-11/h2-3,6,9H,4-5,7-8,12H2,1H3. The molecule has 3 nitrogen and oxygen atoms in total. The lowest BCUT2D eigenvalue weighted by molar-refractivity contribution is 0.275. The van der Waals surface area contributed by atoms with Gasteiger partial charge in [-0.05, 0) is 12.1 Å². The first-order chi connectivity index (χ1) is 7.24. The molecular weight excluding hydrogens is 206 g/mol. The van der Waals surface area contributed by atoms with Crippen molar-refractivity contribution < 1.29 is 0 Å². The van der Waals surface area contributed by atoms with Gasteiger partial charge in [0, 0.05) is 30.6 Å². The van der Waals surface area contributed by atoms with Crippen molar-refractivity contribution in [1.82, 2.24) is 9.88 Å². The first kappa shape index (κ1) is 10.8. The second kappa shape index (κ2) is 4.86. The monoisotopic (exact) mass is 223 g/mol. The zero-order chi connectivity index (χ0) is 10.7. The van der Waals surface area contributed by atoms with Crippen molar-refractivity contribution in [3.63, 3.8) is 0 Å². The normalized spacial score (nSPS) is 22.9. The fourth-order valence-electron chi connectivity index (χ4n) is 1.79. The van der Waals surface area contributed by atoms with Crippen molar-refractivity contribution in [3.8, 4) is 0 Å². The van der Waals surface area contributed by atoms with Gasteiger partial charge in [-0.15, -0.1) is 0 Å². The number of nitrogens with zero attached hydrogens (tertiary/aromatic N) is 2. The number of aromatic nitrogens is 1. The lowest BCUT2D eigenvalue weighted by atomic mass is 10.3. The molecule has 1 aromatic heterocycles. The Bertz CT molecular complexity index is 312. The van der Waals surface area contributed by atoms with E-state index < -0.39 is 0 Å². The average Bonchev–Trinajstić information content (AvgIpc) is 2.22. The fraction of sp³-hybridized carbons (Fsp3) is 0.545. The highest BCUT2D eigenvalue weighted by Gasteiger charge is 2.16. The third-order valence-corrected chi connectivity index (χ3v) is 3.69. The summed E-state index contributed by atoms with van der Waals surface area (Å²) in [6, 6.07) is 3.94. The number of pyridine rings is 1. The Morgan fingerprint density at radius 2 is 2.47 bits per heavy atom. The van der Waals surface area contributed by atoms with E-state index in [0.29, 0.717) is 0 Å². The quantitative estimate of drug-likeness (QED) is 0.827. The van der Waals surface area contributed by atoms with Crippen LogP contribution in [0.2, 0.25) is 0 Å². The van der Waals surface area contributed by atoms with Crippen molar-refractivity contribution in [1.29, 1.82) is 0 Å². The van der Waals surface area contributed by atoms with E-state index in [2.05, 4.69) is 28.6 Å². The average molecular weight is 223 g/mol. The first-order valence-electron chi connectivity index (χ1n) is 5.28. The molecule has 15 heavy (non-hydrogen) atoms. The maximum absolute atomic E-state index is 5.60. The number of nitrogen functional groups attached to an aromatic ring is 1. The van der Waals surface area contributed by atoms with Gasteiger partial charge in [-0.2, -0.15) is 11.8 Å². The topological polar surface area (TPSA) is 42.1 Å². The number of anilines is 1. The summed E-state index contributed by atoms with van der Waals surface area (Å²) in [4.78, 5) is 6.78. The van der Waals surface area contributed by atoms with Gasteiger partial charge in [0.15, 0.2) is 0 Å². The van der Waals surface area contributed by atoms with E-state index in [1.54, 1.807) is 6.20 Å².